The second-order valence-corrected chi connectivity index (χ2v) is 7.10. The number of halogens is 1. The van der Waals surface area contributed by atoms with E-state index in [1.807, 2.05) is 11.3 Å². The summed E-state index contributed by atoms with van der Waals surface area (Å²) in [6.07, 6.45) is 2.70. The Morgan fingerprint density at radius 1 is 1.59 bits per heavy atom. The Hall–Kier alpha value is 0.1000. The predicted molar refractivity (Wildman–Crippen MR) is 76.6 cm³/mol. The van der Waals surface area contributed by atoms with E-state index in [0.29, 0.717) is 18.1 Å². The highest BCUT2D eigenvalue weighted by Crippen LogP contribution is 2.37. The molecule has 0 aliphatic carbocycles. The first-order valence-electron chi connectivity index (χ1n) is 6.32. The van der Waals surface area contributed by atoms with Crippen LogP contribution in [0.4, 0.5) is 0 Å². The van der Waals surface area contributed by atoms with E-state index in [1.165, 1.54) is 15.1 Å². The lowest BCUT2D eigenvalue weighted by Gasteiger charge is -2.26. The van der Waals surface area contributed by atoms with Crippen LogP contribution >= 0.6 is 27.3 Å². The normalized spacial score (nSPS) is 26.3. The maximum absolute atomic E-state index is 5.71. The topological polar surface area (TPSA) is 21.3 Å². The van der Waals surface area contributed by atoms with Crippen LogP contribution in [0.25, 0.3) is 0 Å². The zero-order valence-electron chi connectivity index (χ0n) is 10.4. The molecular formula is C13H20BrNOS. The molecule has 3 unspecified atom stereocenters. The van der Waals surface area contributed by atoms with Crippen molar-refractivity contribution in [2.75, 3.05) is 13.2 Å². The van der Waals surface area contributed by atoms with Gasteiger partial charge in [0.15, 0.2) is 0 Å². The van der Waals surface area contributed by atoms with Crippen LogP contribution in [-0.2, 0) is 4.74 Å². The first-order chi connectivity index (χ1) is 8.22. The van der Waals surface area contributed by atoms with Gasteiger partial charge in [-0.3, -0.25) is 0 Å². The van der Waals surface area contributed by atoms with Gasteiger partial charge in [0.05, 0.1) is 9.89 Å². The third kappa shape index (κ3) is 3.31. The minimum atomic E-state index is 0.366. The molecule has 96 valence electrons. The zero-order valence-corrected chi connectivity index (χ0v) is 12.8. The Morgan fingerprint density at radius 3 is 2.94 bits per heavy atom. The Kier molecular flexibility index (Phi) is 5.03. The van der Waals surface area contributed by atoms with Crippen LogP contribution in [0.15, 0.2) is 15.9 Å². The fraction of sp³-hybridized carbons (Fsp3) is 0.692. The van der Waals surface area contributed by atoms with Crippen molar-refractivity contribution in [3.05, 3.63) is 20.8 Å². The molecule has 1 aromatic rings. The Morgan fingerprint density at radius 2 is 2.41 bits per heavy atom. The highest BCUT2D eigenvalue weighted by atomic mass is 79.9. The molecule has 0 spiro atoms. The SMILES string of the molecule is CCCNC(c1ccc(Br)s1)C1CCOC1C. The summed E-state index contributed by atoms with van der Waals surface area (Å²) >= 11 is 5.39. The molecule has 17 heavy (non-hydrogen) atoms. The van der Waals surface area contributed by atoms with E-state index in [4.69, 9.17) is 4.74 Å². The fourth-order valence-corrected chi connectivity index (χ4v) is 4.02. The number of thiophene rings is 1. The van der Waals surface area contributed by atoms with Crippen LogP contribution < -0.4 is 5.32 Å². The maximum atomic E-state index is 5.71. The quantitative estimate of drug-likeness (QED) is 0.887. The second kappa shape index (κ2) is 6.32. The van der Waals surface area contributed by atoms with Gasteiger partial charge >= 0.3 is 0 Å². The van der Waals surface area contributed by atoms with E-state index in [0.717, 1.165) is 19.6 Å². The molecule has 1 fully saturated rings. The van der Waals surface area contributed by atoms with Crippen molar-refractivity contribution in [2.45, 2.75) is 38.8 Å². The van der Waals surface area contributed by atoms with Crippen molar-refractivity contribution in [1.82, 2.24) is 5.32 Å². The van der Waals surface area contributed by atoms with Gasteiger partial charge in [0.2, 0.25) is 0 Å². The van der Waals surface area contributed by atoms with Gasteiger partial charge in [-0.1, -0.05) is 6.92 Å². The molecule has 0 amide bonds. The molecule has 1 N–H and O–H groups in total. The first-order valence-corrected chi connectivity index (χ1v) is 7.93. The van der Waals surface area contributed by atoms with Gasteiger partial charge in [0.1, 0.15) is 0 Å². The first kappa shape index (κ1) is 13.5. The third-order valence-corrected chi connectivity index (χ3v) is 5.08. The fourth-order valence-electron chi connectivity index (χ4n) is 2.44. The zero-order chi connectivity index (χ0) is 12.3. The maximum Gasteiger partial charge on any atom is 0.0701 e. The Labute approximate surface area is 116 Å². The lowest BCUT2D eigenvalue weighted by Crippen LogP contribution is -2.31. The van der Waals surface area contributed by atoms with Crippen molar-refractivity contribution in [3.8, 4) is 0 Å². The molecule has 1 aliphatic heterocycles. The van der Waals surface area contributed by atoms with Crippen molar-refractivity contribution >= 4 is 27.3 Å². The number of hydrogen-bond donors (Lipinski definition) is 1. The summed E-state index contributed by atoms with van der Waals surface area (Å²) in [4.78, 5) is 1.42. The van der Waals surface area contributed by atoms with Gasteiger partial charge in [0, 0.05) is 23.4 Å². The molecule has 0 bridgehead atoms. The summed E-state index contributed by atoms with van der Waals surface area (Å²) in [6, 6.07) is 4.82. The van der Waals surface area contributed by atoms with Gasteiger partial charge in [-0.05, 0) is 54.4 Å². The van der Waals surface area contributed by atoms with Gasteiger partial charge in [-0.2, -0.15) is 0 Å². The molecule has 2 heterocycles. The van der Waals surface area contributed by atoms with Crippen LogP contribution in [-0.4, -0.2) is 19.3 Å². The smallest absolute Gasteiger partial charge is 0.0701 e. The Bertz CT molecular complexity index is 355. The van der Waals surface area contributed by atoms with E-state index >= 15 is 0 Å². The van der Waals surface area contributed by atoms with Crippen LogP contribution in [0, 0.1) is 5.92 Å². The second-order valence-electron chi connectivity index (χ2n) is 4.60. The molecular weight excluding hydrogens is 298 g/mol. The molecule has 1 saturated heterocycles. The van der Waals surface area contributed by atoms with Crippen LogP contribution in [0.3, 0.4) is 0 Å². The molecule has 0 saturated carbocycles. The lowest BCUT2D eigenvalue weighted by atomic mass is 9.92. The summed E-state index contributed by atoms with van der Waals surface area (Å²) in [6.45, 7) is 6.38. The van der Waals surface area contributed by atoms with Crippen molar-refractivity contribution in [2.24, 2.45) is 5.92 Å². The number of rotatable bonds is 5. The highest BCUT2D eigenvalue weighted by molar-refractivity contribution is 9.11. The van der Waals surface area contributed by atoms with Crippen molar-refractivity contribution < 1.29 is 4.74 Å². The van der Waals surface area contributed by atoms with E-state index in [9.17, 15) is 0 Å². The molecule has 2 nitrogen and oxygen atoms in total. The third-order valence-electron chi connectivity index (χ3n) is 3.38. The molecule has 3 atom stereocenters. The minimum Gasteiger partial charge on any atom is -0.378 e. The summed E-state index contributed by atoms with van der Waals surface area (Å²) in [5.74, 6) is 0.604. The standard InChI is InChI=1S/C13H20BrNOS/c1-3-7-15-13(10-6-8-16-9(10)2)11-4-5-12(14)17-11/h4-5,9-10,13,15H,3,6-8H2,1-2H3. The molecule has 2 rings (SSSR count). The largest absolute Gasteiger partial charge is 0.378 e. The van der Waals surface area contributed by atoms with Crippen molar-refractivity contribution in [1.29, 1.82) is 0 Å². The number of ether oxygens (including phenoxy) is 1. The minimum absolute atomic E-state index is 0.366. The summed E-state index contributed by atoms with van der Waals surface area (Å²) < 4.78 is 6.92. The van der Waals surface area contributed by atoms with E-state index in [2.05, 4.69) is 47.2 Å². The monoisotopic (exact) mass is 317 g/mol. The Balaban J connectivity index is 2.12. The van der Waals surface area contributed by atoms with Gasteiger partial charge in [-0.15, -0.1) is 11.3 Å². The van der Waals surface area contributed by atoms with Crippen molar-refractivity contribution in [3.63, 3.8) is 0 Å². The molecule has 0 radical (unpaired) electrons. The average molecular weight is 318 g/mol. The number of nitrogens with one attached hydrogen (secondary N) is 1. The van der Waals surface area contributed by atoms with Crippen LogP contribution in [0.5, 0.6) is 0 Å². The van der Waals surface area contributed by atoms with Gasteiger partial charge in [0.25, 0.3) is 0 Å². The summed E-state index contributed by atoms with van der Waals surface area (Å²) in [5, 5.41) is 3.68. The predicted octanol–water partition coefficient (Wildman–Crippen LogP) is 3.98. The van der Waals surface area contributed by atoms with Crippen LogP contribution in [0.1, 0.15) is 37.6 Å². The molecule has 1 aromatic heterocycles. The van der Waals surface area contributed by atoms with E-state index < -0.39 is 0 Å². The van der Waals surface area contributed by atoms with E-state index in [1.54, 1.807) is 0 Å². The molecule has 1 aliphatic rings. The molecule has 0 aromatic carbocycles. The van der Waals surface area contributed by atoms with Gasteiger partial charge < -0.3 is 10.1 Å². The lowest BCUT2D eigenvalue weighted by molar-refractivity contribution is 0.0957. The molecule has 4 heteroatoms. The highest BCUT2D eigenvalue weighted by Gasteiger charge is 2.33. The summed E-state index contributed by atoms with van der Waals surface area (Å²) in [5.41, 5.74) is 0. The average Bonchev–Trinajstić information content (AvgIpc) is 2.90. The summed E-state index contributed by atoms with van der Waals surface area (Å²) in [7, 11) is 0. The van der Waals surface area contributed by atoms with Gasteiger partial charge in [-0.25, -0.2) is 0 Å². The van der Waals surface area contributed by atoms with E-state index in [-0.39, 0.29) is 0 Å². The number of hydrogen-bond acceptors (Lipinski definition) is 3. The van der Waals surface area contributed by atoms with Crippen LogP contribution in [0.2, 0.25) is 0 Å².